The van der Waals surface area contributed by atoms with Crippen LogP contribution in [0.4, 0.5) is 5.69 Å². The molecule has 3 aliphatic rings. The Bertz CT molecular complexity index is 1460. The summed E-state index contributed by atoms with van der Waals surface area (Å²) in [5.74, 6) is -3.38. The lowest BCUT2D eigenvalue weighted by atomic mass is 9.70. The molecule has 1 spiro atoms. The number of nitrogens with one attached hydrogen (secondary N) is 1. The van der Waals surface area contributed by atoms with Gasteiger partial charge in [-0.3, -0.25) is 19.2 Å². The van der Waals surface area contributed by atoms with E-state index in [1.54, 1.807) is 30.9 Å². The van der Waals surface area contributed by atoms with Crippen LogP contribution in [0.2, 0.25) is 0 Å². The van der Waals surface area contributed by atoms with Crippen LogP contribution >= 0.6 is 0 Å². The molecule has 0 radical (unpaired) electrons. The van der Waals surface area contributed by atoms with Gasteiger partial charge in [0.15, 0.2) is 0 Å². The second-order valence-corrected chi connectivity index (χ2v) is 12.0. The van der Waals surface area contributed by atoms with Crippen molar-refractivity contribution in [3.63, 3.8) is 0 Å². The lowest BCUT2D eigenvalue weighted by molar-refractivity contribution is -0.159. The van der Waals surface area contributed by atoms with Crippen LogP contribution in [0.3, 0.4) is 0 Å². The third kappa shape index (κ3) is 5.52. The summed E-state index contributed by atoms with van der Waals surface area (Å²) >= 11 is 0. The first kappa shape index (κ1) is 31.4. The van der Waals surface area contributed by atoms with Gasteiger partial charge >= 0.3 is 5.97 Å². The number of hydrogen-bond acceptors (Lipinski definition) is 7. The summed E-state index contributed by atoms with van der Waals surface area (Å²) in [6.07, 6.45) is 3.80. The van der Waals surface area contributed by atoms with Crippen LogP contribution in [-0.4, -0.2) is 83.3 Å². The van der Waals surface area contributed by atoms with Crippen LogP contribution in [-0.2, 0) is 28.7 Å². The molecule has 44 heavy (non-hydrogen) atoms. The number of hydrogen-bond donors (Lipinski definition) is 2. The lowest BCUT2D eigenvalue weighted by Gasteiger charge is -2.38. The van der Waals surface area contributed by atoms with Crippen molar-refractivity contribution in [2.75, 3.05) is 24.6 Å². The van der Waals surface area contributed by atoms with Crippen molar-refractivity contribution in [3.05, 3.63) is 67.8 Å². The lowest BCUT2D eigenvalue weighted by Crippen LogP contribution is -2.58. The average molecular weight is 604 g/mol. The fourth-order valence-electron chi connectivity index (χ4n) is 7.04. The van der Waals surface area contributed by atoms with Crippen LogP contribution in [0.15, 0.2) is 67.8 Å². The molecular formula is C34H41N3O7. The van der Waals surface area contributed by atoms with Crippen molar-refractivity contribution in [3.8, 4) is 0 Å². The number of amides is 3. The van der Waals surface area contributed by atoms with Crippen molar-refractivity contribution >= 4 is 40.2 Å². The largest absolute Gasteiger partial charge is 0.460 e. The molecule has 10 heteroatoms. The summed E-state index contributed by atoms with van der Waals surface area (Å²) in [5.41, 5.74) is -0.602. The Labute approximate surface area is 257 Å². The SMILES string of the molecule is C=CCCC(=O)NC[C@@H](C)OC(=O)[C@@H]1[C@H]2C(=O)N([C@H](C)CO)[C@H](C(=O)N(CC=C)c3ccc4ccccc4c3)[C@]23CC[C@H]1O3. The molecule has 3 saturated heterocycles. The molecule has 2 aromatic carbocycles. The Morgan fingerprint density at radius 3 is 2.64 bits per heavy atom. The predicted octanol–water partition coefficient (Wildman–Crippen LogP) is 3.13. The molecule has 2 aromatic rings. The van der Waals surface area contributed by atoms with E-state index in [2.05, 4.69) is 18.5 Å². The van der Waals surface area contributed by atoms with Gasteiger partial charge in [-0.25, -0.2) is 0 Å². The zero-order chi connectivity index (χ0) is 31.6. The van der Waals surface area contributed by atoms with E-state index in [1.807, 2.05) is 42.5 Å². The van der Waals surface area contributed by atoms with Gasteiger partial charge in [-0.05, 0) is 56.0 Å². The maximum atomic E-state index is 14.6. The molecule has 0 saturated carbocycles. The zero-order valence-electron chi connectivity index (χ0n) is 25.3. The van der Waals surface area contributed by atoms with E-state index in [-0.39, 0.29) is 37.9 Å². The Morgan fingerprint density at radius 1 is 1.18 bits per heavy atom. The van der Waals surface area contributed by atoms with Gasteiger partial charge in [0.05, 0.1) is 37.1 Å². The van der Waals surface area contributed by atoms with Crippen molar-refractivity contribution in [1.82, 2.24) is 10.2 Å². The highest BCUT2D eigenvalue weighted by molar-refractivity contribution is 6.05. The zero-order valence-corrected chi connectivity index (χ0v) is 25.3. The standard InChI is InChI=1S/C34H41N3O7/c1-5-7-12-27(39)35-19-22(4)43-33(42)28-26-15-16-34(44-26)29(28)31(40)37(21(3)20-38)30(34)32(41)36(17-6-2)25-14-13-23-10-8-9-11-24(23)18-25/h5-6,8-11,13-14,18,21-22,26,28-30,38H,1-2,7,12,15-17,19-20H2,3-4H3,(H,35,39)/t21-,22-,26-,28+,29+,30-,34+/m1/s1. The number of ether oxygens (including phenoxy) is 2. The highest BCUT2D eigenvalue weighted by Crippen LogP contribution is 2.59. The Balaban J connectivity index is 1.43. The second-order valence-electron chi connectivity index (χ2n) is 12.0. The van der Waals surface area contributed by atoms with Crippen LogP contribution in [0.1, 0.15) is 39.5 Å². The number of aliphatic hydroxyl groups excluding tert-OH is 1. The molecular weight excluding hydrogens is 562 g/mol. The summed E-state index contributed by atoms with van der Waals surface area (Å²) in [4.78, 5) is 57.4. The molecule has 0 aromatic heterocycles. The van der Waals surface area contributed by atoms with Crippen molar-refractivity contribution in [2.45, 2.75) is 69.4 Å². The summed E-state index contributed by atoms with van der Waals surface area (Å²) in [6, 6.07) is 11.8. The van der Waals surface area contributed by atoms with E-state index in [4.69, 9.17) is 9.47 Å². The molecule has 7 atom stereocenters. The van der Waals surface area contributed by atoms with Crippen LogP contribution < -0.4 is 10.2 Å². The molecule has 5 rings (SSSR count). The van der Waals surface area contributed by atoms with Gasteiger partial charge in [-0.1, -0.05) is 42.5 Å². The van der Waals surface area contributed by atoms with E-state index < -0.39 is 53.6 Å². The van der Waals surface area contributed by atoms with Gasteiger partial charge in [-0.2, -0.15) is 0 Å². The van der Waals surface area contributed by atoms with Crippen molar-refractivity contribution in [2.24, 2.45) is 11.8 Å². The number of aliphatic hydroxyl groups is 1. The van der Waals surface area contributed by atoms with Crippen LogP contribution in [0.25, 0.3) is 10.8 Å². The fourth-order valence-corrected chi connectivity index (χ4v) is 7.04. The number of rotatable bonds is 13. The third-order valence-electron chi connectivity index (χ3n) is 9.09. The number of allylic oxidation sites excluding steroid dienone is 1. The summed E-state index contributed by atoms with van der Waals surface area (Å²) in [7, 11) is 0. The van der Waals surface area contributed by atoms with Crippen LogP contribution in [0, 0.1) is 11.8 Å². The van der Waals surface area contributed by atoms with E-state index in [9.17, 15) is 24.3 Å². The Hall–Kier alpha value is -4.02. The number of anilines is 1. The molecule has 2 N–H and O–H groups in total. The first-order valence-corrected chi connectivity index (χ1v) is 15.3. The quantitative estimate of drug-likeness (QED) is 0.266. The Kier molecular flexibility index (Phi) is 9.22. The highest BCUT2D eigenvalue weighted by atomic mass is 16.6. The average Bonchev–Trinajstić information content (AvgIpc) is 3.68. The molecule has 10 nitrogen and oxygen atoms in total. The molecule has 0 aliphatic carbocycles. The summed E-state index contributed by atoms with van der Waals surface area (Å²) in [5, 5.41) is 14.9. The van der Waals surface area contributed by atoms with E-state index in [1.165, 1.54) is 4.90 Å². The molecule has 3 fully saturated rings. The monoisotopic (exact) mass is 603 g/mol. The number of esters is 1. The minimum absolute atomic E-state index is 0.126. The minimum atomic E-state index is -1.25. The molecule has 234 valence electrons. The number of carbonyl (C=O) groups is 4. The maximum Gasteiger partial charge on any atom is 0.312 e. The smallest absolute Gasteiger partial charge is 0.312 e. The van der Waals surface area contributed by atoms with Crippen molar-refractivity contribution in [1.29, 1.82) is 0 Å². The fraction of sp³-hybridized carbons (Fsp3) is 0.471. The molecule has 3 amide bonds. The first-order valence-electron chi connectivity index (χ1n) is 15.3. The topological polar surface area (TPSA) is 125 Å². The second kappa shape index (κ2) is 12.9. The van der Waals surface area contributed by atoms with Gasteiger partial charge in [0.25, 0.3) is 5.91 Å². The number of likely N-dealkylation sites (tertiary alicyclic amines) is 1. The van der Waals surface area contributed by atoms with E-state index in [0.29, 0.717) is 24.9 Å². The van der Waals surface area contributed by atoms with Crippen molar-refractivity contribution < 1.29 is 33.8 Å². The van der Waals surface area contributed by atoms with Gasteiger partial charge in [0.1, 0.15) is 17.7 Å². The third-order valence-corrected chi connectivity index (χ3v) is 9.09. The molecule has 3 aliphatic heterocycles. The normalized spacial score (nSPS) is 26.6. The van der Waals surface area contributed by atoms with Crippen LogP contribution in [0.5, 0.6) is 0 Å². The van der Waals surface area contributed by atoms with E-state index >= 15 is 0 Å². The number of nitrogens with zero attached hydrogens (tertiary/aromatic N) is 2. The predicted molar refractivity (Wildman–Crippen MR) is 165 cm³/mol. The highest BCUT2D eigenvalue weighted by Gasteiger charge is 2.75. The molecule has 3 heterocycles. The van der Waals surface area contributed by atoms with Gasteiger partial charge in [-0.15, -0.1) is 13.2 Å². The summed E-state index contributed by atoms with van der Waals surface area (Å²) < 4.78 is 12.2. The molecule has 2 bridgehead atoms. The van der Waals surface area contributed by atoms with Gasteiger partial charge < -0.3 is 29.7 Å². The Morgan fingerprint density at radius 2 is 1.93 bits per heavy atom. The van der Waals surface area contributed by atoms with Gasteiger partial charge in [0, 0.05) is 18.7 Å². The van der Waals surface area contributed by atoms with E-state index in [0.717, 1.165) is 10.8 Å². The molecule has 0 unspecified atom stereocenters. The number of fused-ring (bicyclic) bond motifs is 2. The first-order chi connectivity index (χ1) is 21.2. The maximum absolute atomic E-state index is 14.6. The number of benzene rings is 2. The number of carbonyl (C=O) groups excluding carboxylic acids is 4. The van der Waals surface area contributed by atoms with Gasteiger partial charge in [0.2, 0.25) is 11.8 Å². The summed E-state index contributed by atoms with van der Waals surface area (Å²) in [6.45, 7) is 10.8. The minimum Gasteiger partial charge on any atom is -0.460 e.